The minimum atomic E-state index is -3.85. The van der Waals surface area contributed by atoms with Gasteiger partial charge in [-0.25, -0.2) is 13.6 Å². The van der Waals surface area contributed by atoms with E-state index in [9.17, 15) is 22.8 Å². The number of hydrogen-bond acceptors (Lipinski definition) is 6. The van der Waals surface area contributed by atoms with Gasteiger partial charge in [0.15, 0.2) is 0 Å². The SMILES string of the molecule is Nc1ccc(I)cc1C(=O)NCC(=O)NC1CCCCC1NC(=O)c1ccc(S(N)(=O)=O)cc1. The molecular weight excluding hydrogens is 573 g/mol. The van der Waals surface area contributed by atoms with Crippen LogP contribution in [0.2, 0.25) is 0 Å². The van der Waals surface area contributed by atoms with Crippen LogP contribution in [0.5, 0.6) is 0 Å². The molecular formula is C22H26IN5O5S. The molecule has 3 amide bonds. The number of sulfonamides is 1. The van der Waals surface area contributed by atoms with Crippen molar-refractivity contribution in [2.24, 2.45) is 5.14 Å². The van der Waals surface area contributed by atoms with Gasteiger partial charge in [-0.3, -0.25) is 14.4 Å². The van der Waals surface area contributed by atoms with E-state index < -0.39 is 15.9 Å². The van der Waals surface area contributed by atoms with Gasteiger partial charge < -0.3 is 21.7 Å². The Balaban J connectivity index is 1.57. The number of primary sulfonamides is 1. The summed E-state index contributed by atoms with van der Waals surface area (Å²) >= 11 is 2.07. The Morgan fingerprint density at radius 1 is 0.941 bits per heavy atom. The number of carbonyl (C=O) groups excluding carboxylic acids is 3. The van der Waals surface area contributed by atoms with Crippen LogP contribution in [-0.2, 0) is 14.8 Å². The van der Waals surface area contributed by atoms with E-state index in [2.05, 4.69) is 38.5 Å². The molecule has 1 aliphatic carbocycles. The number of anilines is 1. The van der Waals surface area contributed by atoms with Crippen LogP contribution in [0.15, 0.2) is 47.4 Å². The van der Waals surface area contributed by atoms with Gasteiger partial charge in [-0.15, -0.1) is 0 Å². The first-order valence-electron chi connectivity index (χ1n) is 10.6. The van der Waals surface area contributed by atoms with Gasteiger partial charge in [0.05, 0.1) is 17.0 Å². The lowest BCUT2D eigenvalue weighted by Gasteiger charge is -2.33. The van der Waals surface area contributed by atoms with Crippen molar-refractivity contribution in [2.45, 2.75) is 42.7 Å². The van der Waals surface area contributed by atoms with Crippen molar-refractivity contribution in [3.8, 4) is 0 Å². The van der Waals surface area contributed by atoms with E-state index in [1.54, 1.807) is 18.2 Å². The van der Waals surface area contributed by atoms with E-state index in [-0.39, 0.29) is 40.9 Å². The second-order valence-electron chi connectivity index (χ2n) is 8.02. The van der Waals surface area contributed by atoms with Gasteiger partial charge in [0.2, 0.25) is 15.9 Å². The third kappa shape index (κ3) is 6.90. The lowest BCUT2D eigenvalue weighted by atomic mass is 9.90. The summed E-state index contributed by atoms with van der Waals surface area (Å²) in [4.78, 5) is 37.5. The van der Waals surface area contributed by atoms with Crippen LogP contribution in [0.4, 0.5) is 5.69 Å². The largest absolute Gasteiger partial charge is 0.398 e. The Hall–Kier alpha value is -2.71. The van der Waals surface area contributed by atoms with Crippen LogP contribution in [-0.4, -0.2) is 44.8 Å². The summed E-state index contributed by atoms with van der Waals surface area (Å²) in [5.41, 5.74) is 6.76. The fourth-order valence-electron chi connectivity index (χ4n) is 3.76. The smallest absolute Gasteiger partial charge is 0.253 e. The van der Waals surface area contributed by atoms with Crippen LogP contribution >= 0.6 is 22.6 Å². The summed E-state index contributed by atoms with van der Waals surface area (Å²) in [6, 6.07) is 9.78. The average molecular weight is 599 g/mol. The highest BCUT2D eigenvalue weighted by molar-refractivity contribution is 14.1. The van der Waals surface area contributed by atoms with E-state index >= 15 is 0 Å². The highest BCUT2D eigenvalue weighted by Crippen LogP contribution is 2.20. The van der Waals surface area contributed by atoms with Crippen LogP contribution in [0.3, 0.4) is 0 Å². The molecule has 0 aliphatic heterocycles. The molecule has 0 spiro atoms. The van der Waals surface area contributed by atoms with Crippen LogP contribution in [0.25, 0.3) is 0 Å². The van der Waals surface area contributed by atoms with Gasteiger partial charge in [0.1, 0.15) is 0 Å². The molecule has 2 atom stereocenters. The number of nitrogens with two attached hydrogens (primary N) is 2. The summed E-state index contributed by atoms with van der Waals surface area (Å²) in [7, 11) is -3.85. The highest BCUT2D eigenvalue weighted by atomic mass is 127. The Morgan fingerprint density at radius 3 is 2.18 bits per heavy atom. The summed E-state index contributed by atoms with van der Waals surface area (Å²) in [6.45, 7) is -0.226. The first-order chi connectivity index (χ1) is 16.0. The quantitative estimate of drug-likeness (QED) is 0.236. The normalized spacial score (nSPS) is 18.1. The van der Waals surface area contributed by atoms with Gasteiger partial charge in [-0.1, -0.05) is 12.8 Å². The van der Waals surface area contributed by atoms with Crippen molar-refractivity contribution < 1.29 is 22.8 Å². The van der Waals surface area contributed by atoms with Crippen molar-refractivity contribution >= 4 is 56.0 Å². The summed E-state index contributed by atoms with van der Waals surface area (Å²) < 4.78 is 23.6. The van der Waals surface area contributed by atoms with Crippen LogP contribution < -0.4 is 26.8 Å². The monoisotopic (exact) mass is 599 g/mol. The van der Waals surface area contributed by atoms with Crippen LogP contribution in [0.1, 0.15) is 46.4 Å². The number of benzene rings is 2. The van der Waals surface area contributed by atoms with Crippen LogP contribution in [0, 0.1) is 3.57 Å². The lowest BCUT2D eigenvalue weighted by molar-refractivity contribution is -0.121. The second kappa shape index (κ2) is 11.1. The Morgan fingerprint density at radius 2 is 1.56 bits per heavy atom. The van der Waals surface area contributed by atoms with Gasteiger partial charge in [0, 0.05) is 26.9 Å². The fraction of sp³-hybridized carbons (Fsp3) is 0.318. The molecule has 2 aromatic rings. The van der Waals surface area contributed by atoms with Gasteiger partial charge in [-0.2, -0.15) is 0 Å². The molecule has 3 rings (SSSR count). The van der Waals surface area contributed by atoms with Crippen molar-refractivity contribution in [3.05, 3.63) is 57.2 Å². The molecule has 0 aromatic heterocycles. The standard InChI is InChI=1S/C22H26IN5O5S/c23-14-7-10-17(24)16(11-14)22(31)26-12-20(29)27-18-3-1-2-4-19(18)28-21(30)13-5-8-15(9-6-13)34(25,32)33/h5-11,18-19H,1-4,12,24H2,(H,26,31)(H,27,29)(H,28,30)(H2,25,32,33). The van der Waals surface area contributed by atoms with E-state index in [0.717, 1.165) is 16.4 Å². The zero-order valence-corrected chi connectivity index (χ0v) is 21.2. The summed E-state index contributed by atoms with van der Waals surface area (Å²) in [6.07, 6.45) is 3.14. The Kier molecular flexibility index (Phi) is 8.49. The van der Waals surface area contributed by atoms with Crippen molar-refractivity contribution in [3.63, 3.8) is 0 Å². The van der Waals surface area contributed by atoms with Gasteiger partial charge in [-0.05, 0) is 77.9 Å². The Bertz CT molecular complexity index is 1190. The predicted octanol–water partition coefficient (Wildman–Crippen LogP) is 1.11. The van der Waals surface area contributed by atoms with E-state index in [0.29, 0.717) is 24.1 Å². The molecule has 0 bridgehead atoms. The molecule has 1 aliphatic rings. The number of carbonyl (C=O) groups is 3. The molecule has 1 saturated carbocycles. The molecule has 2 aromatic carbocycles. The number of amides is 3. The number of nitrogen functional groups attached to an aromatic ring is 1. The maximum Gasteiger partial charge on any atom is 0.253 e. The fourth-order valence-corrected chi connectivity index (χ4v) is 4.77. The molecule has 0 radical (unpaired) electrons. The minimum absolute atomic E-state index is 0.0825. The maximum absolute atomic E-state index is 12.7. The summed E-state index contributed by atoms with van der Waals surface area (Å²) in [5.74, 6) is -1.20. The van der Waals surface area contributed by atoms with Crippen molar-refractivity contribution in [2.75, 3.05) is 12.3 Å². The molecule has 10 nitrogen and oxygen atoms in total. The number of nitrogens with one attached hydrogen (secondary N) is 3. The predicted molar refractivity (Wildman–Crippen MR) is 135 cm³/mol. The molecule has 0 saturated heterocycles. The number of hydrogen-bond donors (Lipinski definition) is 5. The molecule has 2 unspecified atom stereocenters. The maximum atomic E-state index is 12.7. The molecule has 182 valence electrons. The highest BCUT2D eigenvalue weighted by Gasteiger charge is 2.28. The first kappa shape index (κ1) is 25.9. The molecule has 0 heterocycles. The van der Waals surface area contributed by atoms with Gasteiger partial charge in [0.25, 0.3) is 11.8 Å². The molecule has 1 fully saturated rings. The van der Waals surface area contributed by atoms with Gasteiger partial charge >= 0.3 is 0 Å². The second-order valence-corrected chi connectivity index (χ2v) is 10.8. The third-order valence-electron chi connectivity index (χ3n) is 5.54. The molecule has 7 N–H and O–H groups in total. The zero-order chi connectivity index (χ0) is 24.9. The lowest BCUT2D eigenvalue weighted by Crippen LogP contribution is -2.54. The topological polar surface area (TPSA) is 173 Å². The van der Waals surface area contributed by atoms with Crippen molar-refractivity contribution in [1.82, 2.24) is 16.0 Å². The number of halogens is 1. The van der Waals surface area contributed by atoms with E-state index in [1.807, 2.05) is 0 Å². The summed E-state index contributed by atoms with van der Waals surface area (Å²) in [5, 5.41) is 13.5. The third-order valence-corrected chi connectivity index (χ3v) is 7.14. The van der Waals surface area contributed by atoms with E-state index in [1.165, 1.54) is 24.3 Å². The average Bonchev–Trinajstić information content (AvgIpc) is 2.80. The zero-order valence-electron chi connectivity index (χ0n) is 18.2. The minimum Gasteiger partial charge on any atom is -0.398 e. The molecule has 34 heavy (non-hydrogen) atoms. The first-order valence-corrected chi connectivity index (χ1v) is 13.2. The Labute approximate surface area is 211 Å². The van der Waals surface area contributed by atoms with Crippen molar-refractivity contribution in [1.29, 1.82) is 0 Å². The molecule has 12 heteroatoms. The van der Waals surface area contributed by atoms with E-state index in [4.69, 9.17) is 10.9 Å². The number of rotatable bonds is 7.